The second-order valence-electron chi connectivity index (χ2n) is 2.95. The molecule has 0 radical (unpaired) electrons. The minimum absolute atomic E-state index is 0.575. The van der Waals surface area contributed by atoms with Crippen LogP contribution in [0.15, 0.2) is 30.5 Å². The SMILES string of the molecule is CC.COc1ccc2ncc(C=O)cc2c1. The van der Waals surface area contributed by atoms with E-state index in [4.69, 9.17) is 4.74 Å². The number of ether oxygens (including phenoxy) is 1. The average molecular weight is 217 g/mol. The van der Waals surface area contributed by atoms with E-state index in [2.05, 4.69) is 4.98 Å². The van der Waals surface area contributed by atoms with Gasteiger partial charge in [0.2, 0.25) is 0 Å². The molecule has 0 aliphatic carbocycles. The normalized spacial score (nSPS) is 9.19. The van der Waals surface area contributed by atoms with Crippen molar-refractivity contribution in [2.45, 2.75) is 13.8 Å². The molecule has 16 heavy (non-hydrogen) atoms. The third kappa shape index (κ3) is 2.57. The molecule has 2 rings (SSSR count). The number of carbonyl (C=O) groups is 1. The molecule has 3 heteroatoms. The Balaban J connectivity index is 0.000000606. The van der Waals surface area contributed by atoms with E-state index in [1.165, 1.54) is 0 Å². The van der Waals surface area contributed by atoms with E-state index >= 15 is 0 Å². The van der Waals surface area contributed by atoms with E-state index in [0.717, 1.165) is 22.9 Å². The Bertz CT molecular complexity index is 480. The molecule has 0 saturated carbocycles. The van der Waals surface area contributed by atoms with Crippen LogP contribution in [-0.4, -0.2) is 18.4 Å². The van der Waals surface area contributed by atoms with Gasteiger partial charge in [-0.25, -0.2) is 0 Å². The van der Waals surface area contributed by atoms with Gasteiger partial charge in [0.1, 0.15) is 5.75 Å². The number of aldehydes is 1. The van der Waals surface area contributed by atoms with Crippen molar-refractivity contribution < 1.29 is 9.53 Å². The van der Waals surface area contributed by atoms with Gasteiger partial charge in [-0.05, 0) is 24.3 Å². The summed E-state index contributed by atoms with van der Waals surface area (Å²) < 4.78 is 5.08. The van der Waals surface area contributed by atoms with E-state index in [0.29, 0.717) is 5.56 Å². The lowest BCUT2D eigenvalue weighted by atomic mass is 10.1. The van der Waals surface area contributed by atoms with Gasteiger partial charge in [-0.2, -0.15) is 0 Å². The van der Waals surface area contributed by atoms with Gasteiger partial charge in [0.05, 0.1) is 12.6 Å². The molecule has 1 aromatic heterocycles. The van der Waals surface area contributed by atoms with Crippen LogP contribution in [0.3, 0.4) is 0 Å². The molecule has 1 aromatic carbocycles. The molecule has 0 atom stereocenters. The Morgan fingerprint density at radius 3 is 2.62 bits per heavy atom. The molecular weight excluding hydrogens is 202 g/mol. The van der Waals surface area contributed by atoms with E-state index < -0.39 is 0 Å². The van der Waals surface area contributed by atoms with Gasteiger partial charge < -0.3 is 4.74 Å². The first-order valence-corrected chi connectivity index (χ1v) is 5.22. The van der Waals surface area contributed by atoms with Gasteiger partial charge in [-0.3, -0.25) is 9.78 Å². The summed E-state index contributed by atoms with van der Waals surface area (Å²) in [6, 6.07) is 7.35. The monoisotopic (exact) mass is 217 g/mol. The number of hydrogen-bond donors (Lipinski definition) is 0. The maximum absolute atomic E-state index is 10.5. The fourth-order valence-corrected chi connectivity index (χ4v) is 1.32. The Labute approximate surface area is 95.1 Å². The highest BCUT2D eigenvalue weighted by atomic mass is 16.5. The van der Waals surface area contributed by atoms with Crippen molar-refractivity contribution in [1.29, 1.82) is 0 Å². The van der Waals surface area contributed by atoms with Crippen molar-refractivity contribution in [3.63, 3.8) is 0 Å². The van der Waals surface area contributed by atoms with Gasteiger partial charge in [0.15, 0.2) is 6.29 Å². The molecule has 3 nitrogen and oxygen atoms in total. The molecule has 1 heterocycles. The molecule has 0 saturated heterocycles. The highest BCUT2D eigenvalue weighted by Gasteiger charge is 1.98. The highest BCUT2D eigenvalue weighted by molar-refractivity contribution is 5.86. The quantitative estimate of drug-likeness (QED) is 0.726. The number of fused-ring (bicyclic) bond motifs is 1. The van der Waals surface area contributed by atoms with Crippen LogP contribution in [0.1, 0.15) is 24.2 Å². The minimum atomic E-state index is 0.575. The molecule has 0 spiro atoms. The first-order valence-electron chi connectivity index (χ1n) is 5.22. The number of rotatable bonds is 2. The molecular formula is C13H15NO2. The maximum Gasteiger partial charge on any atom is 0.151 e. The van der Waals surface area contributed by atoms with Gasteiger partial charge >= 0.3 is 0 Å². The predicted octanol–water partition coefficient (Wildman–Crippen LogP) is 3.08. The van der Waals surface area contributed by atoms with E-state index in [1.54, 1.807) is 19.4 Å². The van der Waals surface area contributed by atoms with Gasteiger partial charge in [0, 0.05) is 17.1 Å². The number of benzene rings is 1. The number of nitrogens with zero attached hydrogens (tertiary/aromatic N) is 1. The Kier molecular flexibility index (Phi) is 4.45. The standard InChI is InChI=1S/C11H9NO2.C2H6/c1-14-10-2-3-11-9(5-10)4-8(7-13)6-12-11;1-2/h2-7H,1H3;1-2H3. The van der Waals surface area contributed by atoms with Gasteiger partial charge in [-0.15, -0.1) is 0 Å². The molecule has 0 N–H and O–H groups in total. The molecule has 0 aliphatic heterocycles. The fourth-order valence-electron chi connectivity index (χ4n) is 1.32. The molecule has 0 bridgehead atoms. The summed E-state index contributed by atoms with van der Waals surface area (Å²) in [5.74, 6) is 0.766. The summed E-state index contributed by atoms with van der Waals surface area (Å²) in [6.07, 6.45) is 2.34. The van der Waals surface area contributed by atoms with E-state index in [9.17, 15) is 4.79 Å². The Morgan fingerprint density at radius 1 is 1.25 bits per heavy atom. The summed E-state index contributed by atoms with van der Waals surface area (Å²) in [4.78, 5) is 14.7. The zero-order chi connectivity index (χ0) is 12.0. The fraction of sp³-hybridized carbons (Fsp3) is 0.231. The number of methoxy groups -OCH3 is 1. The lowest BCUT2D eigenvalue weighted by Crippen LogP contribution is -1.86. The number of aromatic nitrogens is 1. The second-order valence-corrected chi connectivity index (χ2v) is 2.95. The Hall–Kier alpha value is -1.90. The van der Waals surface area contributed by atoms with Crippen LogP contribution in [-0.2, 0) is 0 Å². The zero-order valence-electron chi connectivity index (χ0n) is 9.73. The van der Waals surface area contributed by atoms with Crippen LogP contribution in [0, 0.1) is 0 Å². The first kappa shape index (κ1) is 12.2. The number of hydrogen-bond acceptors (Lipinski definition) is 3. The van der Waals surface area contributed by atoms with Crippen molar-refractivity contribution in [1.82, 2.24) is 4.98 Å². The van der Waals surface area contributed by atoms with Crippen LogP contribution in [0.25, 0.3) is 10.9 Å². The second kappa shape index (κ2) is 5.85. The highest BCUT2D eigenvalue weighted by Crippen LogP contribution is 2.19. The van der Waals surface area contributed by atoms with Crippen molar-refractivity contribution in [3.05, 3.63) is 36.0 Å². The van der Waals surface area contributed by atoms with Crippen LogP contribution < -0.4 is 4.74 Å². The van der Waals surface area contributed by atoms with Gasteiger partial charge in [-0.1, -0.05) is 13.8 Å². The van der Waals surface area contributed by atoms with Gasteiger partial charge in [0.25, 0.3) is 0 Å². The van der Waals surface area contributed by atoms with Crippen LogP contribution in [0.2, 0.25) is 0 Å². The van der Waals surface area contributed by atoms with Crippen LogP contribution in [0.5, 0.6) is 5.75 Å². The van der Waals surface area contributed by atoms with E-state index in [1.807, 2.05) is 32.0 Å². The summed E-state index contributed by atoms with van der Waals surface area (Å²) in [7, 11) is 1.61. The summed E-state index contributed by atoms with van der Waals surface area (Å²) >= 11 is 0. The lowest BCUT2D eigenvalue weighted by molar-refractivity contribution is 0.112. The molecule has 2 aromatic rings. The van der Waals surface area contributed by atoms with Crippen molar-refractivity contribution in [2.24, 2.45) is 0 Å². The first-order chi connectivity index (χ1) is 7.83. The van der Waals surface area contributed by atoms with E-state index in [-0.39, 0.29) is 0 Å². The largest absolute Gasteiger partial charge is 0.497 e. The average Bonchev–Trinajstić information content (AvgIpc) is 2.39. The minimum Gasteiger partial charge on any atom is -0.497 e. The Morgan fingerprint density at radius 2 is 2.00 bits per heavy atom. The summed E-state index contributed by atoms with van der Waals surface area (Å²) in [6.45, 7) is 4.00. The predicted molar refractivity (Wildman–Crippen MR) is 65.0 cm³/mol. The zero-order valence-corrected chi connectivity index (χ0v) is 9.73. The summed E-state index contributed by atoms with van der Waals surface area (Å²) in [5, 5.41) is 0.911. The molecule has 0 amide bonds. The number of carbonyl (C=O) groups excluding carboxylic acids is 1. The molecule has 84 valence electrons. The van der Waals surface area contributed by atoms with Crippen LogP contribution >= 0.6 is 0 Å². The van der Waals surface area contributed by atoms with Crippen molar-refractivity contribution in [3.8, 4) is 5.75 Å². The summed E-state index contributed by atoms with van der Waals surface area (Å²) in [5.41, 5.74) is 1.43. The third-order valence-corrected chi connectivity index (χ3v) is 2.05. The van der Waals surface area contributed by atoms with Crippen LogP contribution in [0.4, 0.5) is 0 Å². The molecule has 0 fully saturated rings. The topological polar surface area (TPSA) is 39.2 Å². The van der Waals surface area contributed by atoms with Crippen molar-refractivity contribution in [2.75, 3.05) is 7.11 Å². The maximum atomic E-state index is 10.5. The number of pyridine rings is 1. The van der Waals surface area contributed by atoms with Crippen molar-refractivity contribution >= 4 is 17.2 Å². The molecule has 0 unspecified atom stereocenters. The third-order valence-electron chi connectivity index (χ3n) is 2.05. The smallest absolute Gasteiger partial charge is 0.151 e. The molecule has 0 aliphatic rings. The lowest BCUT2D eigenvalue weighted by Gasteiger charge is -2.01.